The number of benzene rings is 1. The number of hydrogen-bond donors (Lipinski definition) is 1. The second-order valence-corrected chi connectivity index (χ2v) is 4.07. The quantitative estimate of drug-likeness (QED) is 0.760. The van der Waals surface area contributed by atoms with E-state index in [0.717, 1.165) is 0 Å². The average Bonchev–Trinajstić information content (AvgIpc) is 2.28. The minimum Gasteiger partial charge on any atom is -0.380 e. The highest BCUT2D eigenvalue weighted by Crippen LogP contribution is 2.24. The molecule has 18 heavy (non-hydrogen) atoms. The normalized spacial score (nSPS) is 10.7. The van der Waals surface area contributed by atoms with Crippen molar-refractivity contribution in [1.82, 2.24) is 0 Å². The molecule has 3 nitrogen and oxygen atoms in total. The van der Waals surface area contributed by atoms with E-state index in [1.165, 1.54) is 17.0 Å². The number of rotatable bonds is 7. The Morgan fingerprint density at radius 1 is 1.28 bits per heavy atom. The predicted octanol–water partition coefficient (Wildman–Crippen LogP) is 1.94. The maximum atomic E-state index is 13.8. The third-order valence-corrected chi connectivity index (χ3v) is 2.67. The van der Waals surface area contributed by atoms with Crippen LogP contribution in [0.25, 0.3) is 0 Å². The first-order valence-corrected chi connectivity index (χ1v) is 6.07. The molecule has 5 heteroatoms. The molecule has 0 aliphatic carbocycles. The number of anilines is 1. The van der Waals surface area contributed by atoms with Gasteiger partial charge in [-0.25, -0.2) is 8.78 Å². The molecule has 0 aliphatic heterocycles. The lowest BCUT2D eigenvalue weighted by molar-refractivity contribution is 0.154. The number of halogens is 2. The summed E-state index contributed by atoms with van der Waals surface area (Å²) in [5.41, 5.74) is 5.93. The third kappa shape index (κ3) is 3.92. The zero-order chi connectivity index (χ0) is 13.5. The van der Waals surface area contributed by atoms with Gasteiger partial charge in [0.05, 0.1) is 6.61 Å². The van der Waals surface area contributed by atoms with Crippen molar-refractivity contribution < 1.29 is 13.5 Å². The summed E-state index contributed by atoms with van der Waals surface area (Å²) >= 11 is 0. The molecule has 0 atom stereocenters. The van der Waals surface area contributed by atoms with Crippen molar-refractivity contribution in [2.75, 3.05) is 38.3 Å². The van der Waals surface area contributed by atoms with Crippen LogP contribution in [0.2, 0.25) is 0 Å². The maximum Gasteiger partial charge on any atom is 0.149 e. The number of nitrogens with two attached hydrogens (primary N) is 1. The molecule has 1 aromatic carbocycles. The van der Waals surface area contributed by atoms with E-state index in [4.69, 9.17) is 10.5 Å². The van der Waals surface area contributed by atoms with E-state index in [2.05, 4.69) is 0 Å². The molecule has 0 radical (unpaired) electrons. The van der Waals surface area contributed by atoms with Gasteiger partial charge in [0.1, 0.15) is 17.3 Å². The topological polar surface area (TPSA) is 38.5 Å². The first-order valence-electron chi connectivity index (χ1n) is 6.07. The van der Waals surface area contributed by atoms with Crippen LogP contribution >= 0.6 is 0 Å². The van der Waals surface area contributed by atoms with E-state index in [9.17, 15) is 8.78 Å². The van der Waals surface area contributed by atoms with Crippen molar-refractivity contribution in [3.8, 4) is 0 Å². The molecular weight excluding hydrogens is 238 g/mol. The maximum absolute atomic E-state index is 13.8. The summed E-state index contributed by atoms with van der Waals surface area (Å²) in [6.45, 7) is 3.73. The van der Waals surface area contributed by atoms with Gasteiger partial charge in [0, 0.05) is 20.2 Å². The molecular formula is C13H20F2N2O. The van der Waals surface area contributed by atoms with Crippen molar-refractivity contribution in [2.45, 2.75) is 13.3 Å². The largest absolute Gasteiger partial charge is 0.380 e. The molecule has 2 N–H and O–H groups in total. The highest BCUT2D eigenvalue weighted by molar-refractivity contribution is 5.50. The molecule has 0 amide bonds. The van der Waals surface area contributed by atoms with Gasteiger partial charge in [0.25, 0.3) is 0 Å². The molecule has 0 fully saturated rings. The van der Waals surface area contributed by atoms with Crippen molar-refractivity contribution in [3.05, 3.63) is 29.3 Å². The molecule has 0 aromatic heterocycles. The first-order chi connectivity index (χ1) is 8.60. The van der Waals surface area contributed by atoms with E-state index in [1.807, 2.05) is 6.92 Å². The summed E-state index contributed by atoms with van der Waals surface area (Å²) in [6, 6.07) is 2.67. The highest BCUT2D eigenvalue weighted by Gasteiger charge is 2.14. The lowest BCUT2D eigenvalue weighted by Gasteiger charge is -2.21. The molecule has 0 heterocycles. The molecule has 0 bridgehead atoms. The molecule has 0 saturated heterocycles. The van der Waals surface area contributed by atoms with Gasteiger partial charge in [-0.3, -0.25) is 0 Å². The second-order valence-electron chi connectivity index (χ2n) is 4.07. The second kappa shape index (κ2) is 7.28. The molecule has 1 rings (SSSR count). The molecule has 0 spiro atoms. The summed E-state index contributed by atoms with van der Waals surface area (Å²) in [7, 11) is 1.64. The van der Waals surface area contributed by atoms with Crippen LogP contribution in [0.1, 0.15) is 12.5 Å². The van der Waals surface area contributed by atoms with Crippen molar-refractivity contribution in [1.29, 1.82) is 0 Å². The lowest BCUT2D eigenvalue weighted by Crippen LogP contribution is -2.24. The molecule has 0 aliphatic rings. The van der Waals surface area contributed by atoms with Crippen molar-refractivity contribution in [3.63, 3.8) is 0 Å². The van der Waals surface area contributed by atoms with Crippen LogP contribution in [0.15, 0.2) is 12.1 Å². The standard InChI is InChI=1S/C13H20F2N2O/c1-3-18-7-6-17(2)13-11(14)8-10(4-5-16)9-12(13)15/h8-9H,3-7,16H2,1-2H3. The smallest absolute Gasteiger partial charge is 0.149 e. The molecule has 0 unspecified atom stereocenters. The van der Waals surface area contributed by atoms with Crippen LogP contribution in [0, 0.1) is 11.6 Å². The zero-order valence-corrected chi connectivity index (χ0v) is 10.9. The fourth-order valence-corrected chi connectivity index (χ4v) is 1.75. The average molecular weight is 258 g/mol. The van der Waals surface area contributed by atoms with Gasteiger partial charge in [-0.05, 0) is 37.6 Å². The van der Waals surface area contributed by atoms with Crippen LogP contribution in [0.3, 0.4) is 0 Å². The predicted molar refractivity (Wildman–Crippen MR) is 68.9 cm³/mol. The van der Waals surface area contributed by atoms with Gasteiger partial charge in [0.2, 0.25) is 0 Å². The Kier molecular flexibility index (Phi) is 6.01. The number of nitrogens with zero attached hydrogens (tertiary/aromatic N) is 1. The summed E-state index contributed by atoms with van der Waals surface area (Å²) in [6.07, 6.45) is 0.469. The monoisotopic (exact) mass is 258 g/mol. The van der Waals surface area contributed by atoms with Gasteiger partial charge < -0.3 is 15.4 Å². The number of hydrogen-bond acceptors (Lipinski definition) is 3. The van der Waals surface area contributed by atoms with Crippen LogP contribution < -0.4 is 10.6 Å². The van der Waals surface area contributed by atoms with E-state index >= 15 is 0 Å². The molecule has 0 saturated carbocycles. The SMILES string of the molecule is CCOCCN(C)c1c(F)cc(CCN)cc1F. The Bertz CT molecular complexity index is 362. The Hall–Kier alpha value is -1.20. The fourth-order valence-electron chi connectivity index (χ4n) is 1.75. The highest BCUT2D eigenvalue weighted by atomic mass is 19.1. The Morgan fingerprint density at radius 2 is 1.89 bits per heavy atom. The van der Waals surface area contributed by atoms with Gasteiger partial charge in [0.15, 0.2) is 0 Å². The van der Waals surface area contributed by atoms with Crippen LogP contribution in [-0.2, 0) is 11.2 Å². The minimum atomic E-state index is -0.558. The van der Waals surface area contributed by atoms with Crippen molar-refractivity contribution >= 4 is 5.69 Å². The third-order valence-electron chi connectivity index (χ3n) is 2.67. The number of ether oxygens (including phenoxy) is 1. The summed E-state index contributed by atoms with van der Waals surface area (Å²) in [4.78, 5) is 1.52. The van der Waals surface area contributed by atoms with Gasteiger partial charge in [-0.2, -0.15) is 0 Å². The zero-order valence-electron chi connectivity index (χ0n) is 10.9. The van der Waals surface area contributed by atoms with E-state index in [-0.39, 0.29) is 5.69 Å². The fraction of sp³-hybridized carbons (Fsp3) is 0.538. The van der Waals surface area contributed by atoms with Gasteiger partial charge in [-0.1, -0.05) is 0 Å². The first kappa shape index (κ1) is 14.9. The van der Waals surface area contributed by atoms with E-state index < -0.39 is 11.6 Å². The van der Waals surface area contributed by atoms with Crippen molar-refractivity contribution in [2.24, 2.45) is 5.73 Å². The summed E-state index contributed by atoms with van der Waals surface area (Å²) in [5.74, 6) is -1.12. The van der Waals surface area contributed by atoms with E-state index in [1.54, 1.807) is 7.05 Å². The lowest BCUT2D eigenvalue weighted by atomic mass is 10.1. The van der Waals surface area contributed by atoms with Gasteiger partial charge >= 0.3 is 0 Å². The van der Waals surface area contributed by atoms with E-state index in [0.29, 0.717) is 38.3 Å². The summed E-state index contributed by atoms with van der Waals surface area (Å²) in [5, 5.41) is 0. The van der Waals surface area contributed by atoms with Gasteiger partial charge in [-0.15, -0.1) is 0 Å². The molecule has 1 aromatic rings. The Labute approximate surface area is 107 Å². The summed E-state index contributed by atoms with van der Waals surface area (Å²) < 4.78 is 32.8. The van der Waals surface area contributed by atoms with Crippen LogP contribution in [0.5, 0.6) is 0 Å². The van der Waals surface area contributed by atoms with Crippen LogP contribution in [-0.4, -0.2) is 33.4 Å². The molecule has 102 valence electrons. The minimum absolute atomic E-state index is 0.0181. The van der Waals surface area contributed by atoms with Crippen LogP contribution in [0.4, 0.5) is 14.5 Å². The Morgan fingerprint density at radius 3 is 2.39 bits per heavy atom. The number of likely N-dealkylation sites (N-methyl/N-ethyl adjacent to an activating group) is 1. The Balaban J connectivity index is 2.81.